The highest BCUT2D eigenvalue weighted by Gasteiger charge is 2.65. The van der Waals surface area contributed by atoms with Crippen molar-refractivity contribution in [3.05, 3.63) is 67.3 Å². The lowest BCUT2D eigenvalue weighted by molar-refractivity contribution is -0.128. The van der Waals surface area contributed by atoms with Gasteiger partial charge in [0.15, 0.2) is 5.03 Å². The number of allylic oxidation sites excluding steroid dienone is 1. The van der Waals surface area contributed by atoms with Crippen molar-refractivity contribution in [1.82, 2.24) is 9.71 Å². The molecule has 1 saturated carbocycles. The summed E-state index contributed by atoms with van der Waals surface area (Å²) in [6.07, 6.45) is 2.35. The molecule has 4 rings (SSSR count). The fourth-order valence-corrected chi connectivity index (χ4v) is 5.42. The van der Waals surface area contributed by atoms with Gasteiger partial charge in [-0.25, -0.2) is 4.72 Å². The first-order valence-corrected chi connectivity index (χ1v) is 11.4. The van der Waals surface area contributed by atoms with Crippen LogP contribution < -0.4 is 4.72 Å². The van der Waals surface area contributed by atoms with E-state index in [4.69, 9.17) is 0 Å². The molecule has 2 atom stereocenters. The maximum Gasteiger partial charge on any atom is 0.279 e. The molecule has 0 saturated heterocycles. The highest BCUT2D eigenvalue weighted by atomic mass is 32.2. The highest BCUT2D eigenvalue weighted by molar-refractivity contribution is 7.90. The van der Waals surface area contributed by atoms with E-state index in [-0.39, 0.29) is 16.4 Å². The molecule has 5 nitrogen and oxygen atoms in total. The minimum Gasteiger partial charge on any atom is -0.344 e. The zero-order valence-electron chi connectivity index (χ0n) is 17.4. The van der Waals surface area contributed by atoms with Crippen molar-refractivity contribution in [2.24, 2.45) is 16.7 Å². The molecule has 1 aliphatic rings. The van der Waals surface area contributed by atoms with Crippen molar-refractivity contribution in [3.8, 4) is 11.1 Å². The maximum atomic E-state index is 13.0. The van der Waals surface area contributed by atoms with Crippen molar-refractivity contribution < 1.29 is 13.2 Å². The third kappa shape index (κ3) is 3.25. The number of fused-ring (bicyclic) bond motifs is 1. The lowest BCUT2D eigenvalue weighted by Crippen LogP contribution is -2.43. The summed E-state index contributed by atoms with van der Waals surface area (Å²) in [7, 11) is -4.02. The molecule has 1 fully saturated rings. The second-order valence-corrected chi connectivity index (χ2v) is 10.7. The summed E-state index contributed by atoms with van der Waals surface area (Å²) >= 11 is 0. The fourth-order valence-electron chi connectivity index (χ4n) is 4.36. The number of benzene rings is 2. The Morgan fingerprint density at radius 2 is 1.83 bits per heavy atom. The number of H-pyrrole nitrogens is 1. The number of amides is 1. The van der Waals surface area contributed by atoms with Crippen LogP contribution >= 0.6 is 0 Å². The molecule has 2 aromatic carbocycles. The van der Waals surface area contributed by atoms with E-state index in [0.29, 0.717) is 11.9 Å². The average Bonchev–Trinajstić information content (AvgIpc) is 3.32. The summed E-state index contributed by atoms with van der Waals surface area (Å²) < 4.78 is 28.3. The molecule has 0 radical (unpaired) electrons. The molecule has 0 unspecified atom stereocenters. The van der Waals surface area contributed by atoms with Crippen LogP contribution in [0.3, 0.4) is 0 Å². The Labute approximate surface area is 177 Å². The van der Waals surface area contributed by atoms with Crippen molar-refractivity contribution in [1.29, 1.82) is 0 Å². The van der Waals surface area contributed by atoms with E-state index in [2.05, 4.69) is 16.3 Å². The van der Waals surface area contributed by atoms with Crippen LogP contribution in [0, 0.1) is 16.7 Å². The standard InChI is InChI=1S/C24H26N2O3S/c1-5-19-15-24(19,23(2,3)4)22(27)26-30(28,29)21-14-18-12-11-17(13-20(18)25-21)16-9-7-6-8-10-16/h5-14,19,25H,1,15H2,2-4H3,(H,26,27)/t19-,24-/m1/s1. The quantitative estimate of drug-likeness (QED) is 0.575. The van der Waals surface area contributed by atoms with Crippen LogP contribution in [0.1, 0.15) is 27.2 Å². The van der Waals surface area contributed by atoms with E-state index in [9.17, 15) is 13.2 Å². The molecule has 0 aliphatic heterocycles. The molecule has 0 bridgehead atoms. The number of sulfonamides is 1. The third-order valence-electron chi connectivity index (χ3n) is 6.26. The van der Waals surface area contributed by atoms with Gasteiger partial charge in [-0.3, -0.25) is 4.79 Å². The molecule has 156 valence electrons. The number of carbonyl (C=O) groups is 1. The molecule has 6 heteroatoms. The maximum absolute atomic E-state index is 13.0. The minimum atomic E-state index is -4.02. The molecule has 1 heterocycles. The summed E-state index contributed by atoms with van der Waals surface area (Å²) in [5, 5.41) is 0.749. The Balaban J connectivity index is 1.64. The Hall–Kier alpha value is -2.86. The van der Waals surface area contributed by atoms with Gasteiger partial charge in [-0.15, -0.1) is 6.58 Å². The topological polar surface area (TPSA) is 79.0 Å². The summed E-state index contributed by atoms with van der Waals surface area (Å²) in [4.78, 5) is 16.0. The lowest BCUT2D eigenvalue weighted by atomic mass is 9.75. The molecule has 3 aromatic rings. The Bertz CT molecular complexity index is 1240. The summed E-state index contributed by atoms with van der Waals surface area (Å²) in [5.74, 6) is -0.493. The number of hydrogen-bond donors (Lipinski definition) is 2. The molecular weight excluding hydrogens is 396 g/mol. The number of aromatic nitrogens is 1. The average molecular weight is 423 g/mol. The normalized spacial score (nSPS) is 21.4. The predicted molar refractivity (Wildman–Crippen MR) is 119 cm³/mol. The largest absolute Gasteiger partial charge is 0.344 e. The molecule has 0 spiro atoms. The second kappa shape index (κ2) is 6.84. The van der Waals surface area contributed by atoms with E-state index in [1.807, 2.05) is 69.3 Å². The summed E-state index contributed by atoms with van der Waals surface area (Å²) in [5.41, 5.74) is 1.59. The first-order chi connectivity index (χ1) is 14.1. The number of nitrogens with one attached hydrogen (secondary N) is 2. The van der Waals surface area contributed by atoms with Gasteiger partial charge in [0.2, 0.25) is 5.91 Å². The van der Waals surface area contributed by atoms with Gasteiger partial charge >= 0.3 is 0 Å². The lowest BCUT2D eigenvalue weighted by Gasteiger charge is -2.30. The molecule has 1 aromatic heterocycles. The molecular formula is C24H26N2O3S. The smallest absolute Gasteiger partial charge is 0.279 e. The van der Waals surface area contributed by atoms with Gasteiger partial charge < -0.3 is 4.98 Å². The minimum absolute atomic E-state index is 0.0177. The van der Waals surface area contributed by atoms with Crippen LogP contribution in [0.15, 0.2) is 72.3 Å². The van der Waals surface area contributed by atoms with Crippen molar-refractivity contribution in [3.63, 3.8) is 0 Å². The zero-order valence-corrected chi connectivity index (χ0v) is 18.2. The van der Waals surface area contributed by atoms with Crippen LogP contribution in [-0.2, 0) is 14.8 Å². The highest BCUT2D eigenvalue weighted by Crippen LogP contribution is 2.64. The van der Waals surface area contributed by atoms with Crippen LogP contribution in [-0.4, -0.2) is 19.3 Å². The van der Waals surface area contributed by atoms with Gasteiger partial charge in [0, 0.05) is 10.9 Å². The third-order valence-corrected chi connectivity index (χ3v) is 7.52. The van der Waals surface area contributed by atoms with Gasteiger partial charge in [-0.2, -0.15) is 8.42 Å². The monoisotopic (exact) mass is 422 g/mol. The van der Waals surface area contributed by atoms with Crippen molar-refractivity contribution >= 4 is 26.8 Å². The Kier molecular flexibility index (Phi) is 4.66. The van der Waals surface area contributed by atoms with Gasteiger partial charge in [-0.1, -0.05) is 69.3 Å². The second-order valence-electron chi connectivity index (χ2n) is 9.00. The van der Waals surface area contributed by atoms with Crippen molar-refractivity contribution in [2.75, 3.05) is 0 Å². The summed E-state index contributed by atoms with van der Waals surface area (Å²) in [6, 6.07) is 17.2. The van der Waals surface area contributed by atoms with Gasteiger partial charge in [-0.05, 0) is 41.0 Å². The van der Waals surface area contributed by atoms with E-state index >= 15 is 0 Å². The zero-order chi connectivity index (χ0) is 21.7. The van der Waals surface area contributed by atoms with Gasteiger partial charge in [0.1, 0.15) is 0 Å². The predicted octanol–water partition coefficient (Wildman–Crippen LogP) is 4.88. The molecule has 30 heavy (non-hydrogen) atoms. The number of aromatic amines is 1. The molecule has 1 amide bonds. The summed E-state index contributed by atoms with van der Waals surface area (Å²) in [6.45, 7) is 9.66. The molecule has 2 N–H and O–H groups in total. The van der Waals surface area contributed by atoms with E-state index in [1.54, 1.807) is 12.1 Å². The van der Waals surface area contributed by atoms with Crippen LogP contribution in [0.4, 0.5) is 0 Å². The van der Waals surface area contributed by atoms with Crippen molar-refractivity contribution in [2.45, 2.75) is 32.2 Å². The number of hydrogen-bond acceptors (Lipinski definition) is 3. The fraction of sp³-hybridized carbons (Fsp3) is 0.292. The Morgan fingerprint density at radius 3 is 2.43 bits per heavy atom. The van der Waals surface area contributed by atoms with Gasteiger partial charge in [0.25, 0.3) is 10.0 Å². The van der Waals surface area contributed by atoms with E-state index in [1.165, 1.54) is 0 Å². The van der Waals surface area contributed by atoms with Gasteiger partial charge in [0.05, 0.1) is 5.41 Å². The van der Waals surface area contributed by atoms with E-state index in [0.717, 1.165) is 16.5 Å². The van der Waals surface area contributed by atoms with E-state index < -0.39 is 21.3 Å². The Morgan fingerprint density at radius 1 is 1.13 bits per heavy atom. The SMILES string of the molecule is C=C[C@@H]1C[C@@]1(C(=O)NS(=O)(=O)c1cc2ccc(-c3ccccc3)cc2[nH]1)C(C)(C)C. The first kappa shape index (κ1) is 20.4. The molecule has 1 aliphatic carbocycles. The van der Waals surface area contributed by atoms with Crippen LogP contribution in [0.25, 0.3) is 22.0 Å². The first-order valence-electron chi connectivity index (χ1n) is 9.96. The number of rotatable bonds is 5. The van der Waals surface area contributed by atoms with Crippen LogP contribution in [0.2, 0.25) is 0 Å². The van der Waals surface area contributed by atoms with Crippen LogP contribution in [0.5, 0.6) is 0 Å². The number of carbonyl (C=O) groups excluding carboxylic acids is 1.